The third kappa shape index (κ3) is 2.98. The highest BCUT2D eigenvalue weighted by molar-refractivity contribution is 5.90. The highest BCUT2D eigenvalue weighted by Crippen LogP contribution is 2.23. The van der Waals surface area contributed by atoms with Crippen LogP contribution >= 0.6 is 0 Å². The van der Waals surface area contributed by atoms with Crippen molar-refractivity contribution in [3.8, 4) is 5.75 Å². The highest BCUT2D eigenvalue weighted by Gasteiger charge is 2.28. The van der Waals surface area contributed by atoms with Crippen molar-refractivity contribution in [2.45, 2.75) is 25.8 Å². The summed E-state index contributed by atoms with van der Waals surface area (Å²) in [6.45, 7) is 2.65. The van der Waals surface area contributed by atoms with Crippen LogP contribution in [0.4, 0.5) is 10.5 Å². The number of amides is 2. The number of benzene rings is 1. The van der Waals surface area contributed by atoms with Crippen LogP contribution in [-0.2, 0) is 0 Å². The van der Waals surface area contributed by atoms with Crippen molar-refractivity contribution in [3.05, 3.63) is 23.8 Å². The van der Waals surface area contributed by atoms with Gasteiger partial charge in [-0.05, 0) is 31.4 Å². The average molecular weight is 264 g/mol. The van der Waals surface area contributed by atoms with Gasteiger partial charge in [0, 0.05) is 18.3 Å². The number of nitrogens with zero attached hydrogens (tertiary/aromatic N) is 1. The molecule has 5 heteroatoms. The van der Waals surface area contributed by atoms with Crippen LogP contribution in [0, 0.1) is 6.92 Å². The molecule has 0 aliphatic carbocycles. The largest absolute Gasteiger partial charge is 0.497 e. The van der Waals surface area contributed by atoms with Crippen LogP contribution in [0.15, 0.2) is 18.2 Å². The van der Waals surface area contributed by atoms with E-state index in [-0.39, 0.29) is 18.7 Å². The molecule has 5 nitrogen and oxygen atoms in total. The maximum atomic E-state index is 12.2. The van der Waals surface area contributed by atoms with E-state index in [2.05, 4.69) is 5.32 Å². The lowest BCUT2D eigenvalue weighted by molar-refractivity contribution is 0.166. The Morgan fingerprint density at radius 3 is 3.05 bits per heavy atom. The summed E-state index contributed by atoms with van der Waals surface area (Å²) in [5, 5.41) is 12.1. The van der Waals surface area contributed by atoms with E-state index in [9.17, 15) is 9.90 Å². The zero-order valence-electron chi connectivity index (χ0n) is 11.3. The zero-order valence-corrected chi connectivity index (χ0v) is 11.3. The van der Waals surface area contributed by atoms with E-state index in [1.807, 2.05) is 19.1 Å². The number of hydrogen-bond donors (Lipinski definition) is 2. The number of anilines is 1. The number of urea groups is 1. The van der Waals surface area contributed by atoms with Gasteiger partial charge >= 0.3 is 6.03 Å². The predicted octanol–water partition coefficient (Wildman–Crippen LogP) is 1.99. The standard InChI is InChI=1S/C14H20N2O3/c1-10-5-6-12(19-2)8-13(10)15-14(18)16-7-3-4-11(16)9-17/h5-6,8,11,17H,3-4,7,9H2,1-2H3,(H,15,18). The fraction of sp³-hybridized carbons (Fsp3) is 0.500. The lowest BCUT2D eigenvalue weighted by Gasteiger charge is -2.23. The second kappa shape index (κ2) is 5.93. The summed E-state index contributed by atoms with van der Waals surface area (Å²) in [5.41, 5.74) is 1.72. The quantitative estimate of drug-likeness (QED) is 0.877. The van der Waals surface area contributed by atoms with Crippen molar-refractivity contribution in [2.75, 3.05) is 25.6 Å². The molecule has 0 aromatic heterocycles. The van der Waals surface area contributed by atoms with E-state index in [0.29, 0.717) is 12.3 Å². The Morgan fingerprint density at radius 1 is 1.58 bits per heavy atom. The second-order valence-corrected chi connectivity index (χ2v) is 4.78. The van der Waals surface area contributed by atoms with Gasteiger partial charge in [-0.25, -0.2) is 4.79 Å². The molecule has 0 bridgehead atoms. The van der Waals surface area contributed by atoms with Gasteiger partial charge in [-0.1, -0.05) is 6.07 Å². The molecular formula is C14H20N2O3. The average Bonchev–Trinajstić information content (AvgIpc) is 2.89. The van der Waals surface area contributed by atoms with Gasteiger partial charge in [0.25, 0.3) is 0 Å². The van der Waals surface area contributed by atoms with Gasteiger partial charge in [-0.3, -0.25) is 0 Å². The van der Waals surface area contributed by atoms with Crippen molar-refractivity contribution in [2.24, 2.45) is 0 Å². The van der Waals surface area contributed by atoms with Gasteiger partial charge in [0.05, 0.1) is 19.8 Å². The van der Waals surface area contributed by atoms with E-state index in [0.717, 1.165) is 24.1 Å². The van der Waals surface area contributed by atoms with Gasteiger partial charge in [-0.2, -0.15) is 0 Å². The number of methoxy groups -OCH3 is 1. The lowest BCUT2D eigenvalue weighted by Crippen LogP contribution is -2.40. The molecule has 2 rings (SSSR count). The normalized spacial score (nSPS) is 18.5. The summed E-state index contributed by atoms with van der Waals surface area (Å²) in [4.78, 5) is 13.9. The van der Waals surface area contributed by atoms with E-state index in [1.54, 1.807) is 18.1 Å². The first-order valence-corrected chi connectivity index (χ1v) is 6.49. The van der Waals surface area contributed by atoms with Crippen LogP contribution in [0.3, 0.4) is 0 Å². The number of aryl methyl sites for hydroxylation is 1. The number of nitrogens with one attached hydrogen (secondary N) is 1. The van der Waals surface area contributed by atoms with Gasteiger partial charge in [0.2, 0.25) is 0 Å². The molecule has 1 saturated heterocycles. The Morgan fingerprint density at radius 2 is 2.37 bits per heavy atom. The topological polar surface area (TPSA) is 61.8 Å². The number of carbonyl (C=O) groups excluding carboxylic acids is 1. The maximum absolute atomic E-state index is 12.2. The van der Waals surface area contributed by atoms with E-state index < -0.39 is 0 Å². The molecule has 0 spiro atoms. The lowest BCUT2D eigenvalue weighted by atomic mass is 10.2. The van der Waals surface area contributed by atoms with Crippen LogP contribution < -0.4 is 10.1 Å². The summed E-state index contributed by atoms with van der Waals surface area (Å²) in [6.07, 6.45) is 1.80. The number of carbonyl (C=O) groups is 1. The van der Waals surface area contributed by atoms with Gasteiger partial charge < -0.3 is 20.1 Å². The number of aliphatic hydroxyl groups is 1. The number of ether oxygens (including phenoxy) is 1. The zero-order chi connectivity index (χ0) is 13.8. The minimum atomic E-state index is -0.159. The van der Waals surface area contributed by atoms with Crippen LogP contribution in [0.25, 0.3) is 0 Å². The fourth-order valence-corrected chi connectivity index (χ4v) is 2.34. The van der Waals surface area contributed by atoms with Gasteiger partial charge in [-0.15, -0.1) is 0 Å². The molecule has 2 N–H and O–H groups in total. The van der Waals surface area contributed by atoms with Crippen LogP contribution in [0.1, 0.15) is 18.4 Å². The second-order valence-electron chi connectivity index (χ2n) is 4.78. The van der Waals surface area contributed by atoms with Crippen LogP contribution in [0.5, 0.6) is 5.75 Å². The first kappa shape index (κ1) is 13.7. The number of rotatable bonds is 3. The minimum Gasteiger partial charge on any atom is -0.497 e. The maximum Gasteiger partial charge on any atom is 0.322 e. The SMILES string of the molecule is COc1ccc(C)c(NC(=O)N2CCCC2CO)c1. The number of aliphatic hydroxyl groups excluding tert-OH is 1. The molecule has 0 saturated carbocycles. The number of likely N-dealkylation sites (tertiary alicyclic amines) is 1. The first-order valence-electron chi connectivity index (χ1n) is 6.49. The van der Waals surface area contributed by atoms with E-state index in [1.165, 1.54) is 0 Å². The number of hydrogen-bond acceptors (Lipinski definition) is 3. The third-order valence-electron chi connectivity index (χ3n) is 3.54. The molecule has 2 amide bonds. The molecule has 1 aromatic carbocycles. The summed E-state index contributed by atoms with van der Waals surface area (Å²) < 4.78 is 5.15. The molecule has 1 aliphatic rings. The van der Waals surface area contributed by atoms with Crippen molar-refractivity contribution in [3.63, 3.8) is 0 Å². The molecule has 1 aromatic rings. The highest BCUT2D eigenvalue weighted by atomic mass is 16.5. The first-order chi connectivity index (χ1) is 9.15. The molecule has 1 fully saturated rings. The summed E-state index contributed by atoms with van der Waals surface area (Å²) in [5.74, 6) is 0.709. The Hall–Kier alpha value is -1.75. The predicted molar refractivity (Wildman–Crippen MR) is 73.6 cm³/mol. The van der Waals surface area contributed by atoms with Crippen molar-refractivity contribution < 1.29 is 14.6 Å². The van der Waals surface area contributed by atoms with Crippen LogP contribution in [-0.4, -0.2) is 42.3 Å². The molecule has 1 unspecified atom stereocenters. The molecule has 1 atom stereocenters. The minimum absolute atomic E-state index is 0.0184. The molecule has 1 aliphatic heterocycles. The fourth-order valence-electron chi connectivity index (χ4n) is 2.34. The van der Waals surface area contributed by atoms with Crippen molar-refractivity contribution >= 4 is 11.7 Å². The molecule has 1 heterocycles. The van der Waals surface area contributed by atoms with E-state index >= 15 is 0 Å². The Bertz CT molecular complexity index is 462. The summed E-state index contributed by atoms with van der Waals surface area (Å²) in [6, 6.07) is 5.34. The summed E-state index contributed by atoms with van der Waals surface area (Å²) >= 11 is 0. The molecule has 19 heavy (non-hydrogen) atoms. The summed E-state index contributed by atoms with van der Waals surface area (Å²) in [7, 11) is 1.60. The van der Waals surface area contributed by atoms with E-state index in [4.69, 9.17) is 4.74 Å². The molecule has 0 radical (unpaired) electrons. The third-order valence-corrected chi connectivity index (χ3v) is 3.54. The molecular weight excluding hydrogens is 244 g/mol. The monoisotopic (exact) mass is 264 g/mol. The smallest absolute Gasteiger partial charge is 0.322 e. The van der Waals surface area contributed by atoms with Gasteiger partial charge in [0.1, 0.15) is 5.75 Å². The van der Waals surface area contributed by atoms with Crippen molar-refractivity contribution in [1.29, 1.82) is 0 Å². The Labute approximate surface area is 113 Å². The van der Waals surface area contributed by atoms with Crippen molar-refractivity contribution in [1.82, 2.24) is 4.90 Å². The van der Waals surface area contributed by atoms with Gasteiger partial charge in [0.15, 0.2) is 0 Å². The molecule has 104 valence electrons. The Balaban J connectivity index is 2.10. The Kier molecular flexibility index (Phi) is 4.27. The van der Waals surface area contributed by atoms with Crippen LogP contribution in [0.2, 0.25) is 0 Å².